The number of hydrogen-bond donors (Lipinski definition) is 1. The summed E-state index contributed by atoms with van der Waals surface area (Å²) in [4.78, 5) is 25.0. The molecule has 0 atom stereocenters. The second-order valence-corrected chi connectivity index (χ2v) is 8.83. The number of rotatable bonds is 6. The normalized spacial score (nSPS) is 10.8. The molecular formula is C24H20Br2O5. The lowest BCUT2D eigenvalue weighted by Gasteiger charge is -2.17. The van der Waals surface area contributed by atoms with Crippen LogP contribution in [0.3, 0.4) is 0 Å². The Morgan fingerprint density at radius 3 is 2.10 bits per heavy atom. The van der Waals surface area contributed by atoms with Gasteiger partial charge in [0.15, 0.2) is 11.5 Å². The van der Waals surface area contributed by atoms with Crippen molar-refractivity contribution in [3.05, 3.63) is 85.8 Å². The van der Waals surface area contributed by atoms with Crippen molar-refractivity contribution < 1.29 is 24.2 Å². The molecule has 0 aromatic heterocycles. The van der Waals surface area contributed by atoms with Crippen LogP contribution in [0.2, 0.25) is 0 Å². The van der Waals surface area contributed by atoms with E-state index in [2.05, 4.69) is 31.9 Å². The molecule has 1 N–H and O–H groups in total. The van der Waals surface area contributed by atoms with Crippen LogP contribution in [-0.2, 0) is 4.74 Å². The summed E-state index contributed by atoms with van der Waals surface area (Å²) in [5.74, 6) is -0.0467. The lowest BCUT2D eigenvalue weighted by atomic mass is 9.96. The summed E-state index contributed by atoms with van der Waals surface area (Å²) in [5, 5.41) is 10.5. The SMILES string of the molecule is COC(=O)c1cc(Br)c(Oc2cc(C(C)C)c(O)cc2C(=O)c2ccccc2)c(Br)c1. The lowest BCUT2D eigenvalue weighted by Crippen LogP contribution is -2.06. The predicted octanol–water partition coefficient (Wildman–Crippen LogP) is 6.85. The maximum Gasteiger partial charge on any atom is 0.337 e. The number of carbonyl (C=O) groups excluding carboxylic acids is 2. The lowest BCUT2D eigenvalue weighted by molar-refractivity contribution is 0.0600. The highest BCUT2D eigenvalue weighted by Crippen LogP contribution is 2.42. The van der Waals surface area contributed by atoms with Crippen LogP contribution >= 0.6 is 31.9 Å². The first-order valence-corrected chi connectivity index (χ1v) is 11.0. The van der Waals surface area contributed by atoms with Gasteiger partial charge in [-0.2, -0.15) is 0 Å². The van der Waals surface area contributed by atoms with Crippen molar-refractivity contribution in [2.45, 2.75) is 19.8 Å². The van der Waals surface area contributed by atoms with Crippen LogP contribution in [0.1, 0.15) is 51.6 Å². The minimum Gasteiger partial charge on any atom is -0.508 e. The maximum absolute atomic E-state index is 13.2. The topological polar surface area (TPSA) is 72.8 Å². The molecule has 0 amide bonds. The van der Waals surface area contributed by atoms with Crippen LogP contribution in [0.15, 0.2) is 63.5 Å². The Bertz CT molecular complexity index is 1120. The molecule has 0 aliphatic rings. The Balaban J connectivity index is 2.13. The number of carbonyl (C=O) groups is 2. The van der Waals surface area contributed by atoms with Crippen LogP contribution in [-0.4, -0.2) is 24.0 Å². The zero-order valence-corrected chi connectivity index (χ0v) is 20.3. The van der Waals surface area contributed by atoms with Crippen molar-refractivity contribution in [3.8, 4) is 17.2 Å². The number of halogens is 2. The quantitative estimate of drug-likeness (QED) is 0.270. The summed E-state index contributed by atoms with van der Waals surface area (Å²) in [5.41, 5.74) is 1.69. The Kier molecular flexibility index (Phi) is 7.18. The second-order valence-electron chi connectivity index (χ2n) is 7.12. The van der Waals surface area contributed by atoms with Crippen molar-refractivity contribution in [3.63, 3.8) is 0 Å². The molecule has 0 unspecified atom stereocenters. The van der Waals surface area contributed by atoms with Crippen molar-refractivity contribution >= 4 is 43.6 Å². The third-order valence-corrected chi connectivity index (χ3v) is 5.84. The van der Waals surface area contributed by atoms with E-state index in [-0.39, 0.29) is 23.0 Å². The molecule has 3 rings (SSSR count). The molecule has 0 radical (unpaired) electrons. The molecule has 0 saturated carbocycles. The zero-order chi connectivity index (χ0) is 22.7. The van der Waals surface area contributed by atoms with Gasteiger partial charge in [0.25, 0.3) is 0 Å². The fourth-order valence-electron chi connectivity index (χ4n) is 3.06. The number of ketones is 1. The third kappa shape index (κ3) is 4.99. The summed E-state index contributed by atoms with van der Waals surface area (Å²) < 4.78 is 11.9. The second kappa shape index (κ2) is 9.66. The molecule has 0 fully saturated rings. The summed E-state index contributed by atoms with van der Waals surface area (Å²) in [6, 6.07) is 15.0. The van der Waals surface area contributed by atoms with Gasteiger partial charge in [-0.3, -0.25) is 4.79 Å². The zero-order valence-electron chi connectivity index (χ0n) is 17.1. The first-order chi connectivity index (χ1) is 14.7. The van der Waals surface area contributed by atoms with Gasteiger partial charge in [-0.05, 0) is 62.0 Å². The first-order valence-electron chi connectivity index (χ1n) is 9.44. The average Bonchev–Trinajstić information content (AvgIpc) is 2.75. The van der Waals surface area contributed by atoms with Gasteiger partial charge in [-0.25, -0.2) is 4.79 Å². The van der Waals surface area contributed by atoms with Gasteiger partial charge >= 0.3 is 5.97 Å². The Labute approximate surface area is 197 Å². The molecule has 7 heteroatoms. The maximum atomic E-state index is 13.2. The summed E-state index contributed by atoms with van der Waals surface area (Å²) in [7, 11) is 1.31. The number of methoxy groups -OCH3 is 1. The third-order valence-electron chi connectivity index (χ3n) is 4.66. The molecule has 5 nitrogen and oxygen atoms in total. The number of esters is 1. The van der Waals surface area contributed by atoms with Gasteiger partial charge in [0.2, 0.25) is 0 Å². The molecule has 3 aromatic carbocycles. The van der Waals surface area contributed by atoms with E-state index in [4.69, 9.17) is 9.47 Å². The summed E-state index contributed by atoms with van der Waals surface area (Å²) >= 11 is 6.85. The minimum absolute atomic E-state index is 0.0109. The molecule has 3 aromatic rings. The van der Waals surface area contributed by atoms with Crippen molar-refractivity contribution in [1.82, 2.24) is 0 Å². The van der Waals surface area contributed by atoms with E-state index < -0.39 is 5.97 Å². The molecule has 0 aliphatic heterocycles. The highest BCUT2D eigenvalue weighted by Gasteiger charge is 2.22. The number of hydrogen-bond acceptors (Lipinski definition) is 5. The smallest absolute Gasteiger partial charge is 0.337 e. The Hall–Kier alpha value is -2.64. The minimum atomic E-state index is -0.486. The standard InChI is InChI=1S/C24H20Br2O5/c1-13(2)16-12-21(17(11-20(16)27)22(28)14-7-5-4-6-8-14)31-23-18(25)9-15(10-19(23)26)24(29)30-3/h4-13,27H,1-3H3. The van der Waals surface area contributed by atoms with E-state index in [0.717, 1.165) is 0 Å². The van der Waals surface area contributed by atoms with Gasteiger partial charge in [0, 0.05) is 11.1 Å². The van der Waals surface area contributed by atoms with Crippen molar-refractivity contribution in [2.75, 3.05) is 7.11 Å². The fourth-order valence-corrected chi connectivity index (χ4v) is 4.40. The van der Waals surface area contributed by atoms with E-state index in [9.17, 15) is 14.7 Å². The molecular weight excluding hydrogens is 528 g/mol. The molecule has 0 bridgehead atoms. The first kappa shape index (κ1) is 23.0. The summed E-state index contributed by atoms with van der Waals surface area (Å²) in [6.45, 7) is 3.88. The number of phenolic OH excluding ortho intramolecular Hbond substituents is 1. The number of aromatic hydroxyl groups is 1. The van der Waals surface area contributed by atoms with Crippen molar-refractivity contribution in [1.29, 1.82) is 0 Å². The number of phenols is 1. The molecule has 0 saturated heterocycles. The number of benzene rings is 3. The molecule has 0 heterocycles. The van der Waals surface area contributed by atoms with E-state index in [0.29, 0.717) is 37.1 Å². The molecule has 0 spiro atoms. The van der Waals surface area contributed by atoms with Gasteiger partial charge in [0.05, 0.1) is 27.2 Å². The monoisotopic (exact) mass is 546 g/mol. The number of ether oxygens (including phenoxy) is 2. The van der Waals surface area contributed by atoms with Crippen molar-refractivity contribution in [2.24, 2.45) is 0 Å². The highest BCUT2D eigenvalue weighted by atomic mass is 79.9. The molecule has 31 heavy (non-hydrogen) atoms. The van der Waals surface area contributed by atoms with Crippen LogP contribution in [0.25, 0.3) is 0 Å². The largest absolute Gasteiger partial charge is 0.508 e. The van der Waals surface area contributed by atoms with E-state index in [1.165, 1.54) is 13.2 Å². The van der Waals surface area contributed by atoms with Gasteiger partial charge in [-0.1, -0.05) is 44.2 Å². The molecule has 160 valence electrons. The van der Waals surface area contributed by atoms with Crippen LogP contribution in [0.4, 0.5) is 0 Å². The fraction of sp³-hybridized carbons (Fsp3) is 0.167. The Morgan fingerprint density at radius 2 is 1.55 bits per heavy atom. The van der Waals surface area contributed by atoms with E-state index in [1.54, 1.807) is 42.5 Å². The predicted molar refractivity (Wildman–Crippen MR) is 125 cm³/mol. The van der Waals surface area contributed by atoms with Gasteiger partial charge in [0.1, 0.15) is 11.5 Å². The van der Waals surface area contributed by atoms with Crippen LogP contribution in [0, 0.1) is 0 Å². The average molecular weight is 548 g/mol. The van der Waals surface area contributed by atoms with Gasteiger partial charge < -0.3 is 14.6 Å². The van der Waals surface area contributed by atoms with Crippen LogP contribution < -0.4 is 4.74 Å². The van der Waals surface area contributed by atoms with Gasteiger partial charge in [-0.15, -0.1) is 0 Å². The molecule has 0 aliphatic carbocycles. The van der Waals surface area contributed by atoms with E-state index >= 15 is 0 Å². The van der Waals surface area contributed by atoms with E-state index in [1.807, 2.05) is 19.9 Å². The highest BCUT2D eigenvalue weighted by molar-refractivity contribution is 9.11. The Morgan fingerprint density at radius 1 is 0.935 bits per heavy atom. The summed E-state index contributed by atoms with van der Waals surface area (Å²) in [6.07, 6.45) is 0. The van der Waals surface area contributed by atoms with Crippen LogP contribution in [0.5, 0.6) is 17.2 Å².